The van der Waals surface area contributed by atoms with Crippen LogP contribution in [0.2, 0.25) is 0 Å². The van der Waals surface area contributed by atoms with Gasteiger partial charge in [-0.15, -0.1) is 0 Å². The molecule has 0 radical (unpaired) electrons. The lowest BCUT2D eigenvalue weighted by Gasteiger charge is -2.40. The van der Waals surface area contributed by atoms with Crippen LogP contribution in [-0.2, 0) is 0 Å². The summed E-state index contributed by atoms with van der Waals surface area (Å²) in [5, 5.41) is 8.30. The molecule has 1 fully saturated rings. The van der Waals surface area contributed by atoms with Crippen LogP contribution in [0.1, 0.15) is 20.8 Å². The van der Waals surface area contributed by atoms with Crippen molar-refractivity contribution in [2.24, 2.45) is 0 Å². The summed E-state index contributed by atoms with van der Waals surface area (Å²) in [5.74, 6) is -2.55. The molecule has 1 aliphatic heterocycles. The van der Waals surface area contributed by atoms with Gasteiger partial charge in [0.05, 0.1) is 25.2 Å². The maximum absolute atomic E-state index is 12.1. The second kappa shape index (κ2) is 4.36. The van der Waals surface area contributed by atoms with E-state index in [1.54, 1.807) is 6.92 Å². The Morgan fingerprint density at radius 3 is 2.08 bits per heavy atom. The normalized spacial score (nSPS) is 22.7. The van der Waals surface area contributed by atoms with Crippen LogP contribution >= 0.6 is 0 Å². The molecule has 1 heterocycles. The molecule has 1 unspecified atom stereocenters. The van der Waals surface area contributed by atoms with Crippen molar-refractivity contribution in [1.29, 1.82) is 5.26 Å². The third-order valence-corrected chi connectivity index (χ3v) is 1.60. The van der Waals surface area contributed by atoms with E-state index in [2.05, 4.69) is 0 Å². The van der Waals surface area contributed by atoms with E-state index in [0.29, 0.717) is 0 Å². The Hall–Kier alpha value is -0.690. The summed E-state index contributed by atoms with van der Waals surface area (Å²) in [6.45, 7) is 5.10. The van der Waals surface area contributed by atoms with Crippen molar-refractivity contribution in [3.63, 3.8) is 0 Å². The Balaban J connectivity index is 0.000000561. The number of rotatable bonds is 1. The summed E-state index contributed by atoms with van der Waals surface area (Å²) >= 11 is 0. The molecule has 1 atom stereocenters. The largest absolute Gasteiger partial charge is 0.276 e. The van der Waals surface area contributed by atoms with E-state index in [9.17, 15) is 8.78 Å². The van der Waals surface area contributed by atoms with Gasteiger partial charge in [0.1, 0.15) is 0 Å². The van der Waals surface area contributed by atoms with Crippen molar-refractivity contribution in [3.8, 4) is 6.07 Å². The van der Waals surface area contributed by atoms with E-state index in [-0.39, 0.29) is 19.1 Å². The number of alkyl halides is 2. The molecule has 0 aliphatic carbocycles. The van der Waals surface area contributed by atoms with Gasteiger partial charge in [-0.25, -0.2) is 8.78 Å². The van der Waals surface area contributed by atoms with Crippen LogP contribution in [0.15, 0.2) is 0 Å². The number of nitriles is 1. The molecule has 2 nitrogen and oxygen atoms in total. The first kappa shape index (κ1) is 11.3. The van der Waals surface area contributed by atoms with Crippen LogP contribution in [0, 0.1) is 11.3 Å². The Morgan fingerprint density at radius 1 is 1.42 bits per heavy atom. The van der Waals surface area contributed by atoms with Crippen LogP contribution in [0.5, 0.6) is 0 Å². The van der Waals surface area contributed by atoms with Crippen molar-refractivity contribution in [2.75, 3.05) is 13.1 Å². The molecule has 70 valence electrons. The van der Waals surface area contributed by atoms with Gasteiger partial charge >= 0.3 is 0 Å². The van der Waals surface area contributed by atoms with E-state index in [4.69, 9.17) is 5.26 Å². The van der Waals surface area contributed by atoms with Crippen molar-refractivity contribution >= 4 is 0 Å². The highest BCUT2D eigenvalue weighted by molar-refractivity contribution is 4.97. The first-order chi connectivity index (χ1) is 5.55. The first-order valence-electron chi connectivity index (χ1n) is 4.07. The smallest absolute Gasteiger partial charge is 0.273 e. The third kappa shape index (κ3) is 2.74. The van der Waals surface area contributed by atoms with E-state index in [1.807, 2.05) is 19.9 Å². The highest BCUT2D eigenvalue weighted by atomic mass is 19.3. The molecule has 0 bridgehead atoms. The second-order valence-electron chi connectivity index (χ2n) is 2.57. The molecule has 1 aliphatic rings. The minimum absolute atomic E-state index is 0.262. The lowest BCUT2D eigenvalue weighted by Crippen LogP contribution is -2.58. The first-order valence-corrected chi connectivity index (χ1v) is 4.07. The molecule has 4 heteroatoms. The summed E-state index contributed by atoms with van der Waals surface area (Å²) < 4.78 is 24.3. The highest BCUT2D eigenvalue weighted by Crippen LogP contribution is 2.27. The lowest BCUT2D eigenvalue weighted by molar-refractivity contribution is -0.136. The molecular formula is C8H14F2N2. The minimum Gasteiger partial charge on any atom is -0.276 e. The molecule has 0 amide bonds. The average molecular weight is 176 g/mol. The number of likely N-dealkylation sites (tertiary alicyclic amines) is 1. The fourth-order valence-corrected chi connectivity index (χ4v) is 0.903. The average Bonchev–Trinajstić information content (AvgIpc) is 2.02. The van der Waals surface area contributed by atoms with Gasteiger partial charge < -0.3 is 0 Å². The maximum Gasteiger partial charge on any atom is 0.273 e. The summed E-state index contributed by atoms with van der Waals surface area (Å²) in [4.78, 5) is 1.44. The molecule has 12 heavy (non-hydrogen) atoms. The van der Waals surface area contributed by atoms with Crippen LogP contribution in [0.4, 0.5) is 8.78 Å². The summed E-state index contributed by atoms with van der Waals surface area (Å²) in [6.07, 6.45) is 0. The van der Waals surface area contributed by atoms with E-state index in [0.717, 1.165) is 0 Å². The zero-order chi connectivity index (χ0) is 9.78. The van der Waals surface area contributed by atoms with Gasteiger partial charge in [-0.05, 0) is 6.92 Å². The number of hydrogen-bond donors (Lipinski definition) is 0. The minimum atomic E-state index is -2.55. The lowest BCUT2D eigenvalue weighted by atomic mass is 10.1. The molecule has 0 aromatic carbocycles. The number of hydrogen-bond acceptors (Lipinski definition) is 2. The highest BCUT2D eigenvalue weighted by Gasteiger charge is 2.45. The predicted octanol–water partition coefficient (Wildman–Crippen LogP) is 1.88. The Labute approximate surface area is 71.8 Å². The molecule has 0 aromatic rings. The molecule has 0 N–H and O–H groups in total. The standard InChI is InChI=1S/C6H8F2N2.C2H6/c1-5(2-9)10-3-6(7,8)4-10;1-2/h5H,3-4H2,1H3;1-2H3. The summed E-state index contributed by atoms with van der Waals surface area (Å²) in [7, 11) is 0. The van der Waals surface area contributed by atoms with Gasteiger partial charge in [0, 0.05) is 0 Å². The van der Waals surface area contributed by atoms with Gasteiger partial charge in [-0.2, -0.15) is 5.26 Å². The van der Waals surface area contributed by atoms with Crippen LogP contribution in [0.25, 0.3) is 0 Å². The van der Waals surface area contributed by atoms with E-state index >= 15 is 0 Å². The molecule has 0 aromatic heterocycles. The summed E-state index contributed by atoms with van der Waals surface area (Å²) in [6, 6.07) is 1.52. The van der Waals surface area contributed by atoms with Crippen molar-refractivity contribution < 1.29 is 8.78 Å². The van der Waals surface area contributed by atoms with Crippen molar-refractivity contribution in [1.82, 2.24) is 4.90 Å². The van der Waals surface area contributed by atoms with E-state index < -0.39 is 5.92 Å². The molecule has 1 rings (SSSR count). The van der Waals surface area contributed by atoms with Gasteiger partial charge in [0.25, 0.3) is 5.92 Å². The van der Waals surface area contributed by atoms with Gasteiger partial charge in [-0.3, -0.25) is 4.90 Å². The van der Waals surface area contributed by atoms with Crippen molar-refractivity contribution in [3.05, 3.63) is 0 Å². The predicted molar refractivity (Wildman–Crippen MR) is 42.9 cm³/mol. The number of nitrogens with zero attached hydrogens (tertiary/aromatic N) is 2. The van der Waals surface area contributed by atoms with Gasteiger partial charge in [-0.1, -0.05) is 13.8 Å². The van der Waals surface area contributed by atoms with Gasteiger partial charge in [0.2, 0.25) is 0 Å². The molecule has 1 saturated heterocycles. The second-order valence-corrected chi connectivity index (χ2v) is 2.57. The third-order valence-electron chi connectivity index (χ3n) is 1.60. The van der Waals surface area contributed by atoms with Crippen LogP contribution in [-0.4, -0.2) is 30.0 Å². The Morgan fingerprint density at radius 2 is 1.83 bits per heavy atom. The molecule has 0 spiro atoms. The molecular weight excluding hydrogens is 162 g/mol. The summed E-state index contributed by atoms with van der Waals surface area (Å²) in [5.41, 5.74) is 0. The zero-order valence-electron chi connectivity index (χ0n) is 7.64. The van der Waals surface area contributed by atoms with E-state index in [1.165, 1.54) is 4.90 Å². The van der Waals surface area contributed by atoms with Gasteiger partial charge in [0.15, 0.2) is 0 Å². The fraction of sp³-hybridized carbons (Fsp3) is 0.875. The number of halogens is 2. The Bertz CT molecular complexity index is 166. The maximum atomic E-state index is 12.1. The molecule has 0 saturated carbocycles. The van der Waals surface area contributed by atoms with Crippen LogP contribution in [0.3, 0.4) is 0 Å². The monoisotopic (exact) mass is 176 g/mol. The quantitative estimate of drug-likeness (QED) is 0.610. The van der Waals surface area contributed by atoms with Crippen molar-refractivity contribution in [2.45, 2.75) is 32.7 Å². The Kier molecular flexibility index (Phi) is 4.11. The zero-order valence-corrected chi connectivity index (χ0v) is 7.64. The SMILES string of the molecule is CC.CC(C#N)N1CC(F)(F)C1. The van der Waals surface area contributed by atoms with Crippen LogP contribution < -0.4 is 0 Å². The fourth-order valence-electron chi connectivity index (χ4n) is 0.903. The topological polar surface area (TPSA) is 27.0 Å².